The van der Waals surface area contributed by atoms with E-state index in [2.05, 4.69) is 21.3 Å². The average molecular weight is 472 g/mol. The van der Waals surface area contributed by atoms with E-state index in [0.717, 1.165) is 55.0 Å². The lowest BCUT2D eigenvalue weighted by Crippen LogP contribution is -2.37. The van der Waals surface area contributed by atoms with Crippen molar-refractivity contribution in [1.29, 1.82) is 0 Å². The Morgan fingerprint density at radius 3 is 2.87 bits per heavy atom. The van der Waals surface area contributed by atoms with Crippen molar-refractivity contribution >= 4 is 52.0 Å². The van der Waals surface area contributed by atoms with Crippen molar-refractivity contribution in [3.8, 4) is 0 Å². The molecular weight excluding hydrogens is 441 g/mol. The molecule has 0 bridgehead atoms. The molecule has 1 aromatic carbocycles. The molecule has 2 heterocycles. The number of hydrogen-bond donors (Lipinski definition) is 3. The normalized spacial score (nSPS) is 20.3. The smallest absolute Gasteiger partial charge is 0.303 e. The van der Waals surface area contributed by atoms with Crippen LogP contribution in [0.15, 0.2) is 11.6 Å². The highest BCUT2D eigenvalue weighted by molar-refractivity contribution is 7.98. The molecule has 2 aliphatic heterocycles. The van der Waals surface area contributed by atoms with Gasteiger partial charge in [-0.1, -0.05) is 35.7 Å². The number of aliphatic carboxylic acids is 1. The third-order valence-corrected chi connectivity index (χ3v) is 7.51. The molecule has 1 fully saturated rings. The maximum atomic E-state index is 10.8. The van der Waals surface area contributed by atoms with Crippen molar-refractivity contribution in [2.45, 2.75) is 58.9 Å². The summed E-state index contributed by atoms with van der Waals surface area (Å²) in [7, 11) is 0. The maximum Gasteiger partial charge on any atom is 0.303 e. The fourth-order valence-corrected chi connectivity index (χ4v) is 6.13. The minimum absolute atomic E-state index is 0.148. The van der Waals surface area contributed by atoms with Gasteiger partial charge in [-0.3, -0.25) is 4.79 Å². The Morgan fingerprint density at radius 2 is 2.20 bits per heavy atom. The molecule has 3 N–H and O–H groups in total. The van der Waals surface area contributed by atoms with Crippen LogP contribution in [0.1, 0.15) is 62.1 Å². The van der Waals surface area contributed by atoms with Gasteiger partial charge in [0.15, 0.2) is 0 Å². The summed E-state index contributed by atoms with van der Waals surface area (Å²) in [5, 5.41) is 13.7. The standard InChI is InChI=1S/C22H31Cl2N3O2S/c1-3-16(7-4-8-19(28)29)21(24)20-14(2)22-17(10-18(20)23)13-27(30-26-22)12-15-6-5-9-25-11-15/h10,15,25-26H,3-9,11-13H2,1-2H3,(H,28,29)/b21-16-. The zero-order chi connectivity index (χ0) is 21.7. The van der Waals surface area contributed by atoms with Crippen molar-refractivity contribution < 1.29 is 9.90 Å². The lowest BCUT2D eigenvalue weighted by molar-refractivity contribution is -0.137. The average Bonchev–Trinajstić information content (AvgIpc) is 2.71. The van der Waals surface area contributed by atoms with E-state index < -0.39 is 5.97 Å². The monoisotopic (exact) mass is 471 g/mol. The summed E-state index contributed by atoms with van der Waals surface area (Å²) < 4.78 is 5.88. The van der Waals surface area contributed by atoms with E-state index in [9.17, 15) is 4.79 Å². The van der Waals surface area contributed by atoms with E-state index in [4.69, 9.17) is 28.3 Å². The third kappa shape index (κ3) is 5.86. The lowest BCUT2D eigenvalue weighted by atomic mass is 9.96. The molecule has 0 saturated carbocycles. The number of anilines is 1. The second-order valence-electron chi connectivity index (χ2n) is 8.14. The topological polar surface area (TPSA) is 64.6 Å². The van der Waals surface area contributed by atoms with Gasteiger partial charge in [0.25, 0.3) is 0 Å². The number of nitrogens with one attached hydrogen (secondary N) is 2. The van der Waals surface area contributed by atoms with Gasteiger partial charge in [-0.05, 0) is 75.2 Å². The molecule has 30 heavy (non-hydrogen) atoms. The van der Waals surface area contributed by atoms with E-state index in [1.54, 1.807) is 12.1 Å². The molecule has 0 aromatic heterocycles. The summed E-state index contributed by atoms with van der Waals surface area (Å²) in [4.78, 5) is 10.8. The van der Waals surface area contributed by atoms with Crippen LogP contribution in [-0.2, 0) is 11.3 Å². The van der Waals surface area contributed by atoms with Crippen LogP contribution >= 0.6 is 35.3 Å². The van der Waals surface area contributed by atoms with Gasteiger partial charge in [-0.2, -0.15) is 0 Å². The highest BCUT2D eigenvalue weighted by Gasteiger charge is 2.26. The minimum Gasteiger partial charge on any atom is -0.481 e. The number of carbonyl (C=O) groups is 1. The van der Waals surface area contributed by atoms with Crippen molar-refractivity contribution in [2.75, 3.05) is 24.4 Å². The van der Waals surface area contributed by atoms with Gasteiger partial charge < -0.3 is 15.1 Å². The van der Waals surface area contributed by atoms with E-state index >= 15 is 0 Å². The molecule has 3 rings (SSSR count). The SMILES string of the molecule is CC/C(CCCC(=O)O)=C(/Cl)c1c(Cl)cc2c(c1C)NSN(CC1CCCNC1)C2. The van der Waals surface area contributed by atoms with Gasteiger partial charge in [-0.25, -0.2) is 4.31 Å². The molecule has 166 valence electrons. The van der Waals surface area contributed by atoms with E-state index in [1.165, 1.54) is 18.4 Å². The zero-order valence-corrected chi connectivity index (χ0v) is 20.0. The van der Waals surface area contributed by atoms with Crippen LogP contribution in [0.3, 0.4) is 0 Å². The van der Waals surface area contributed by atoms with Gasteiger partial charge in [0.1, 0.15) is 0 Å². The van der Waals surface area contributed by atoms with Gasteiger partial charge in [0, 0.05) is 42.2 Å². The van der Waals surface area contributed by atoms with Crippen LogP contribution in [0.5, 0.6) is 0 Å². The summed E-state index contributed by atoms with van der Waals surface area (Å²) in [6.07, 6.45) is 4.69. The number of fused-ring (bicyclic) bond motifs is 1. The van der Waals surface area contributed by atoms with Crippen LogP contribution in [-0.4, -0.2) is 35.0 Å². The van der Waals surface area contributed by atoms with E-state index in [0.29, 0.717) is 28.8 Å². The first-order valence-electron chi connectivity index (χ1n) is 10.7. The molecule has 5 nitrogen and oxygen atoms in total. The van der Waals surface area contributed by atoms with E-state index in [-0.39, 0.29) is 6.42 Å². The number of carboxylic acids is 1. The predicted octanol–water partition coefficient (Wildman–Crippen LogP) is 6.05. The van der Waals surface area contributed by atoms with Crippen LogP contribution in [0, 0.1) is 12.8 Å². The summed E-state index contributed by atoms with van der Waals surface area (Å²) in [5.41, 5.74) is 5.26. The number of carboxylic acid groups (broad SMARTS) is 1. The van der Waals surface area contributed by atoms with Gasteiger partial charge in [-0.15, -0.1) is 0 Å². The highest BCUT2D eigenvalue weighted by atomic mass is 35.5. The number of hydrogen-bond acceptors (Lipinski definition) is 5. The molecule has 0 radical (unpaired) electrons. The predicted molar refractivity (Wildman–Crippen MR) is 128 cm³/mol. The highest BCUT2D eigenvalue weighted by Crippen LogP contribution is 2.43. The molecule has 0 amide bonds. The second-order valence-corrected chi connectivity index (χ2v) is 9.83. The van der Waals surface area contributed by atoms with E-state index in [1.807, 2.05) is 13.0 Å². The number of halogens is 2. The Labute approximate surface area is 193 Å². The van der Waals surface area contributed by atoms with Crippen molar-refractivity contribution in [3.63, 3.8) is 0 Å². The number of piperidine rings is 1. The second kappa shape index (κ2) is 11.1. The number of rotatable bonds is 8. The molecule has 8 heteroatoms. The Balaban J connectivity index is 1.78. The number of benzene rings is 1. The Hall–Kier alpha value is -0.920. The largest absolute Gasteiger partial charge is 0.481 e. The van der Waals surface area contributed by atoms with Gasteiger partial charge in [0.05, 0.1) is 10.7 Å². The zero-order valence-electron chi connectivity index (χ0n) is 17.7. The summed E-state index contributed by atoms with van der Waals surface area (Å²) >= 11 is 15.2. The maximum absolute atomic E-state index is 10.8. The number of allylic oxidation sites excluding steroid dienone is 1. The van der Waals surface area contributed by atoms with Crippen molar-refractivity contribution in [1.82, 2.24) is 9.62 Å². The number of nitrogens with zero attached hydrogens (tertiary/aromatic N) is 1. The molecule has 0 aliphatic carbocycles. The fourth-order valence-electron chi connectivity index (χ4n) is 4.25. The first-order chi connectivity index (χ1) is 14.4. The Bertz CT molecular complexity index is 810. The Morgan fingerprint density at radius 1 is 1.40 bits per heavy atom. The van der Waals surface area contributed by atoms with Gasteiger partial charge >= 0.3 is 5.97 Å². The third-order valence-electron chi connectivity index (χ3n) is 5.92. The van der Waals surface area contributed by atoms with Gasteiger partial charge in [0.2, 0.25) is 0 Å². The molecule has 0 spiro atoms. The van der Waals surface area contributed by atoms with Crippen molar-refractivity contribution in [3.05, 3.63) is 33.4 Å². The van der Waals surface area contributed by atoms with Crippen LogP contribution < -0.4 is 10.0 Å². The first kappa shape index (κ1) is 23.7. The lowest BCUT2D eigenvalue weighted by Gasteiger charge is -2.34. The fraction of sp³-hybridized carbons (Fsp3) is 0.591. The molecular formula is C22H31Cl2N3O2S. The van der Waals surface area contributed by atoms with Crippen LogP contribution in [0.25, 0.3) is 5.03 Å². The molecule has 1 saturated heterocycles. The summed E-state index contributed by atoms with van der Waals surface area (Å²) in [5.74, 6) is -0.0971. The minimum atomic E-state index is -0.778. The summed E-state index contributed by atoms with van der Waals surface area (Å²) in [6.45, 7) is 8.22. The molecule has 2 aliphatic rings. The van der Waals surface area contributed by atoms with Crippen LogP contribution in [0.4, 0.5) is 5.69 Å². The first-order valence-corrected chi connectivity index (χ1v) is 12.2. The molecule has 1 unspecified atom stereocenters. The van der Waals surface area contributed by atoms with Crippen molar-refractivity contribution in [2.24, 2.45) is 5.92 Å². The molecule has 1 aromatic rings. The van der Waals surface area contributed by atoms with Crippen LogP contribution in [0.2, 0.25) is 5.02 Å². The Kier molecular flexibility index (Phi) is 8.78. The quantitative estimate of drug-likeness (QED) is 0.400. The summed E-state index contributed by atoms with van der Waals surface area (Å²) in [6, 6.07) is 2.03. The molecule has 1 atom stereocenters.